The Morgan fingerprint density at radius 3 is 0.939 bits per heavy atom. The number of para-hydroxylation sites is 4. The first kappa shape index (κ1) is 47.2. The molecule has 2 heterocycles. The second-order valence-electron chi connectivity index (χ2n) is 21.5. The molecule has 0 atom stereocenters. The third-order valence-electron chi connectivity index (χ3n) is 17.0. The Balaban J connectivity index is 0.000000136. The van der Waals surface area contributed by atoms with Gasteiger partial charge in [-0.15, -0.1) is 0 Å². The summed E-state index contributed by atoms with van der Waals surface area (Å²) in [5.41, 5.74) is 17.2. The van der Waals surface area contributed by atoms with Crippen LogP contribution in [0.2, 0.25) is 0 Å². The van der Waals surface area contributed by atoms with Gasteiger partial charge in [0.15, 0.2) is 0 Å². The lowest BCUT2D eigenvalue weighted by molar-refractivity contribution is 1.18. The van der Waals surface area contributed by atoms with Gasteiger partial charge in [-0.25, -0.2) is 0 Å². The summed E-state index contributed by atoms with van der Waals surface area (Å²) in [6, 6.07) is 115. The third kappa shape index (κ3) is 7.87. The van der Waals surface area contributed by atoms with Crippen molar-refractivity contribution in [1.82, 2.24) is 9.13 Å². The number of benzene rings is 15. The predicted molar refractivity (Wildman–Crippen MR) is 351 cm³/mol. The minimum atomic E-state index is 1.18. The van der Waals surface area contributed by atoms with Gasteiger partial charge in [0.1, 0.15) is 0 Å². The van der Waals surface area contributed by atoms with Gasteiger partial charge in [-0.2, -0.15) is 0 Å². The summed E-state index contributed by atoms with van der Waals surface area (Å²) in [4.78, 5) is 0. The van der Waals surface area contributed by atoms with Gasteiger partial charge in [0.2, 0.25) is 0 Å². The maximum Gasteiger partial charge on any atom is 0.0541 e. The summed E-state index contributed by atoms with van der Waals surface area (Å²) in [6.45, 7) is 0. The van der Waals surface area contributed by atoms with Crippen molar-refractivity contribution in [1.29, 1.82) is 0 Å². The van der Waals surface area contributed by atoms with Crippen LogP contribution in [0, 0.1) is 0 Å². The molecule has 0 aliphatic carbocycles. The van der Waals surface area contributed by atoms with E-state index in [9.17, 15) is 0 Å². The van der Waals surface area contributed by atoms with Crippen LogP contribution < -0.4 is 0 Å². The van der Waals surface area contributed by atoms with E-state index in [1.54, 1.807) is 0 Å². The van der Waals surface area contributed by atoms with Crippen molar-refractivity contribution in [3.8, 4) is 55.9 Å². The fourth-order valence-electron chi connectivity index (χ4n) is 13.1. The fourth-order valence-corrected chi connectivity index (χ4v) is 13.1. The molecule has 17 aromatic rings. The quantitative estimate of drug-likeness (QED) is 0.147. The first-order chi connectivity index (χ1) is 40.7. The Bertz CT molecular complexity index is 5260. The van der Waals surface area contributed by atoms with E-state index < -0.39 is 0 Å². The topological polar surface area (TPSA) is 9.86 Å². The first-order valence-electron chi connectivity index (χ1n) is 28.3. The molecule has 2 nitrogen and oxygen atoms in total. The molecule has 0 N–H and O–H groups in total. The highest BCUT2D eigenvalue weighted by Crippen LogP contribution is 2.41. The Morgan fingerprint density at radius 1 is 0.159 bits per heavy atom. The lowest BCUT2D eigenvalue weighted by Crippen LogP contribution is -1.92. The molecule has 0 saturated carbocycles. The molecule has 17 rings (SSSR count). The van der Waals surface area contributed by atoms with Crippen LogP contribution in [0.15, 0.2) is 315 Å². The highest BCUT2D eigenvalue weighted by Gasteiger charge is 2.17. The van der Waals surface area contributed by atoms with Gasteiger partial charge in [0.05, 0.1) is 22.1 Å². The van der Waals surface area contributed by atoms with E-state index >= 15 is 0 Å². The van der Waals surface area contributed by atoms with E-state index in [4.69, 9.17) is 0 Å². The molecule has 0 unspecified atom stereocenters. The van der Waals surface area contributed by atoms with E-state index in [1.807, 2.05) is 0 Å². The Hall–Kier alpha value is -10.8. The van der Waals surface area contributed by atoms with Crippen molar-refractivity contribution in [2.75, 3.05) is 0 Å². The van der Waals surface area contributed by atoms with Gasteiger partial charge in [0.25, 0.3) is 0 Å². The molecule has 82 heavy (non-hydrogen) atoms. The smallest absolute Gasteiger partial charge is 0.0541 e. The van der Waals surface area contributed by atoms with Crippen molar-refractivity contribution in [2.45, 2.75) is 0 Å². The van der Waals surface area contributed by atoms with Gasteiger partial charge in [-0.05, 0) is 171 Å². The minimum absolute atomic E-state index is 1.18. The zero-order valence-corrected chi connectivity index (χ0v) is 44.9. The van der Waals surface area contributed by atoms with Crippen LogP contribution in [-0.2, 0) is 0 Å². The van der Waals surface area contributed by atoms with Gasteiger partial charge in [-0.1, -0.05) is 243 Å². The summed E-state index contributed by atoms with van der Waals surface area (Å²) in [7, 11) is 0. The van der Waals surface area contributed by atoms with Crippen molar-refractivity contribution >= 4 is 97.5 Å². The van der Waals surface area contributed by atoms with E-state index in [0.29, 0.717) is 0 Å². The fraction of sp³-hybridized carbons (Fsp3) is 0. The van der Waals surface area contributed by atoms with E-state index in [-0.39, 0.29) is 0 Å². The molecule has 2 heteroatoms. The predicted octanol–water partition coefficient (Wildman–Crippen LogP) is 22.0. The van der Waals surface area contributed by atoms with Crippen molar-refractivity contribution in [3.63, 3.8) is 0 Å². The summed E-state index contributed by atoms with van der Waals surface area (Å²) >= 11 is 0. The van der Waals surface area contributed by atoms with Crippen molar-refractivity contribution in [3.05, 3.63) is 315 Å². The summed E-state index contributed by atoms with van der Waals surface area (Å²) in [6.07, 6.45) is 0. The third-order valence-corrected chi connectivity index (χ3v) is 17.0. The summed E-state index contributed by atoms with van der Waals surface area (Å²) in [5, 5.41) is 18.1. The number of rotatable bonds is 6. The molecule has 2 aromatic heterocycles. The van der Waals surface area contributed by atoms with Crippen LogP contribution in [0.3, 0.4) is 0 Å². The van der Waals surface area contributed by atoms with Gasteiger partial charge in [-0.3, -0.25) is 0 Å². The average molecular weight is 1040 g/mol. The van der Waals surface area contributed by atoms with E-state index in [0.717, 1.165) is 0 Å². The maximum atomic E-state index is 2.37. The normalized spacial score (nSPS) is 11.7. The molecule has 0 saturated heterocycles. The van der Waals surface area contributed by atoms with Crippen LogP contribution in [0.25, 0.3) is 153 Å². The van der Waals surface area contributed by atoms with Crippen LogP contribution in [0.5, 0.6) is 0 Å². The van der Waals surface area contributed by atoms with Gasteiger partial charge in [0, 0.05) is 32.9 Å². The standard InChI is InChI=1S/C42H27N.C38H25N/c1-2-10-32(11-3-1)43-41-17-9-8-16-38(41)40-27-31(23-25-42(40)43)29-20-18-28(19-21-29)30-22-24-37-35-14-5-4-12-33(35)34-13-6-7-15-36(34)39(37)26-30;1-2-11-30(12-3-1)39-37-17-9-8-16-34(37)36-24-28(22-23-38(36)39)26-18-20-27(21-19-26)35-25-29-10-4-5-13-31(29)32-14-6-7-15-33(32)35/h1-27H;1-25H. The molecule has 0 aliphatic heterocycles. The van der Waals surface area contributed by atoms with Gasteiger partial charge >= 0.3 is 0 Å². The second kappa shape index (κ2) is 19.5. The first-order valence-corrected chi connectivity index (χ1v) is 28.3. The maximum absolute atomic E-state index is 2.37. The number of hydrogen-bond donors (Lipinski definition) is 0. The van der Waals surface area contributed by atoms with Crippen molar-refractivity contribution in [2.24, 2.45) is 0 Å². The highest BCUT2D eigenvalue weighted by molar-refractivity contribution is 6.26. The molecular formula is C80H52N2. The summed E-state index contributed by atoms with van der Waals surface area (Å²) in [5.74, 6) is 0. The lowest BCUT2D eigenvalue weighted by Gasteiger charge is -2.12. The number of fused-ring (bicyclic) bond motifs is 15. The molecular weight excluding hydrogens is 989 g/mol. The van der Waals surface area contributed by atoms with E-state index in [2.05, 4.69) is 325 Å². The molecule has 0 amide bonds. The number of hydrogen-bond acceptors (Lipinski definition) is 0. The van der Waals surface area contributed by atoms with Gasteiger partial charge < -0.3 is 9.13 Å². The van der Waals surface area contributed by atoms with E-state index in [1.165, 1.54) is 153 Å². The zero-order chi connectivity index (χ0) is 54.1. The number of aromatic nitrogens is 2. The van der Waals surface area contributed by atoms with Crippen LogP contribution >= 0.6 is 0 Å². The minimum Gasteiger partial charge on any atom is -0.309 e. The summed E-state index contributed by atoms with van der Waals surface area (Å²) < 4.78 is 4.73. The zero-order valence-electron chi connectivity index (χ0n) is 44.9. The average Bonchev–Trinajstić information content (AvgIpc) is 4.24. The molecule has 382 valence electrons. The van der Waals surface area contributed by atoms with Crippen LogP contribution in [-0.4, -0.2) is 9.13 Å². The Kier molecular flexibility index (Phi) is 11.2. The Morgan fingerprint density at radius 2 is 0.463 bits per heavy atom. The molecule has 15 aromatic carbocycles. The largest absolute Gasteiger partial charge is 0.309 e. The van der Waals surface area contributed by atoms with Crippen LogP contribution in [0.1, 0.15) is 0 Å². The monoisotopic (exact) mass is 1040 g/mol. The molecule has 0 bridgehead atoms. The number of nitrogens with zero attached hydrogens (tertiary/aromatic N) is 2. The molecule has 0 radical (unpaired) electrons. The lowest BCUT2D eigenvalue weighted by atomic mass is 9.92. The Labute approximate surface area is 475 Å². The molecule has 0 spiro atoms. The SMILES string of the molecule is c1ccc(-n2c3ccccc3c3cc(-c4ccc(-c5cc6ccccc6c6ccccc56)cc4)ccc32)cc1.c1ccc(-n2c3ccccc3c3cc(-c4ccc(-c5ccc6c7ccccc7c7ccccc7c6c5)cc4)ccc32)cc1. The molecule has 0 aliphatic rings. The second-order valence-corrected chi connectivity index (χ2v) is 21.5. The van der Waals surface area contributed by atoms with Crippen LogP contribution in [0.4, 0.5) is 0 Å². The highest BCUT2D eigenvalue weighted by atomic mass is 15.0. The molecule has 0 fully saturated rings. The van der Waals surface area contributed by atoms with Crippen molar-refractivity contribution < 1.29 is 0 Å².